The Morgan fingerprint density at radius 2 is 2.00 bits per heavy atom. The third kappa shape index (κ3) is 3.68. The van der Waals surface area contributed by atoms with Gasteiger partial charge in [-0.1, -0.05) is 0 Å². The van der Waals surface area contributed by atoms with E-state index in [0.29, 0.717) is 37.2 Å². The molecule has 2 aliphatic rings. The first-order chi connectivity index (χ1) is 12.2. The van der Waals surface area contributed by atoms with E-state index in [4.69, 9.17) is 9.84 Å². The molecule has 26 heavy (non-hydrogen) atoms. The van der Waals surface area contributed by atoms with Crippen molar-refractivity contribution in [1.82, 2.24) is 4.90 Å². The lowest BCUT2D eigenvalue weighted by Gasteiger charge is -2.35. The summed E-state index contributed by atoms with van der Waals surface area (Å²) in [7, 11) is -3.36. The summed E-state index contributed by atoms with van der Waals surface area (Å²) in [6, 6.07) is 4.97. The molecule has 0 radical (unpaired) electrons. The van der Waals surface area contributed by atoms with Gasteiger partial charge in [-0.15, -0.1) is 0 Å². The molecular weight excluding hydrogens is 360 g/mol. The van der Waals surface area contributed by atoms with Crippen molar-refractivity contribution in [2.24, 2.45) is 0 Å². The number of carbonyl (C=O) groups excluding carboxylic acids is 1. The fraction of sp³-hybridized carbons (Fsp3) is 0.529. The molecular formula is C17H22N2O6S. The average molecular weight is 382 g/mol. The van der Waals surface area contributed by atoms with Crippen LogP contribution in [0.2, 0.25) is 0 Å². The van der Waals surface area contributed by atoms with Crippen molar-refractivity contribution >= 4 is 27.6 Å². The number of fused-ring (bicyclic) bond motifs is 1. The molecule has 1 unspecified atom stereocenters. The topological polar surface area (TPSA) is 104 Å². The van der Waals surface area contributed by atoms with E-state index in [-0.39, 0.29) is 18.6 Å². The summed E-state index contributed by atoms with van der Waals surface area (Å²) in [6.07, 6.45) is 1.14. The molecule has 2 heterocycles. The van der Waals surface area contributed by atoms with Crippen LogP contribution in [-0.2, 0) is 26.0 Å². The Hall–Kier alpha value is -2.13. The van der Waals surface area contributed by atoms with Gasteiger partial charge in [0, 0.05) is 18.7 Å². The van der Waals surface area contributed by atoms with Crippen molar-refractivity contribution in [3.63, 3.8) is 0 Å². The van der Waals surface area contributed by atoms with Crippen molar-refractivity contribution in [2.45, 2.75) is 32.0 Å². The Morgan fingerprint density at radius 3 is 2.65 bits per heavy atom. The zero-order valence-corrected chi connectivity index (χ0v) is 15.5. The molecule has 1 aromatic carbocycles. The highest BCUT2D eigenvalue weighted by Crippen LogP contribution is 2.30. The molecule has 3 rings (SSSR count). The second kappa shape index (κ2) is 6.88. The van der Waals surface area contributed by atoms with Crippen LogP contribution in [-0.4, -0.2) is 68.4 Å². The number of rotatable bonds is 3. The predicted molar refractivity (Wildman–Crippen MR) is 94.8 cm³/mol. The molecule has 1 N–H and O–H groups in total. The lowest BCUT2D eigenvalue weighted by atomic mass is 10.00. The number of hydrogen-bond acceptors (Lipinski definition) is 5. The van der Waals surface area contributed by atoms with Crippen LogP contribution in [0.1, 0.15) is 29.3 Å². The minimum atomic E-state index is -3.36. The quantitative estimate of drug-likeness (QED) is 0.826. The summed E-state index contributed by atoms with van der Waals surface area (Å²) in [4.78, 5) is 25.5. The SMILES string of the molecule is C[C@@H]1CN(C(=O)c2ccc3c(c2)CCCN3S(C)(=O)=O)CC(C(=O)O)O1. The Morgan fingerprint density at radius 1 is 1.27 bits per heavy atom. The Bertz CT molecular complexity index is 838. The molecule has 2 aliphatic heterocycles. The van der Waals surface area contributed by atoms with Gasteiger partial charge in [0.15, 0.2) is 6.10 Å². The van der Waals surface area contributed by atoms with Crippen LogP contribution in [0.3, 0.4) is 0 Å². The summed E-state index contributed by atoms with van der Waals surface area (Å²) in [6.45, 7) is 2.47. The lowest BCUT2D eigenvalue weighted by molar-refractivity contribution is -0.160. The van der Waals surface area contributed by atoms with E-state index in [1.807, 2.05) is 0 Å². The van der Waals surface area contributed by atoms with Gasteiger partial charge in [-0.2, -0.15) is 0 Å². The Balaban J connectivity index is 1.86. The number of carbonyl (C=O) groups is 2. The number of carboxylic acids is 1. The van der Waals surface area contributed by atoms with Crippen LogP contribution >= 0.6 is 0 Å². The van der Waals surface area contributed by atoms with E-state index in [9.17, 15) is 18.0 Å². The molecule has 8 nitrogen and oxygen atoms in total. The third-order valence-corrected chi connectivity index (χ3v) is 5.81. The number of sulfonamides is 1. The zero-order chi connectivity index (χ0) is 19.1. The van der Waals surface area contributed by atoms with Gasteiger partial charge in [0.05, 0.1) is 24.6 Å². The number of aliphatic carboxylic acids is 1. The molecule has 0 saturated carbocycles. The number of amides is 1. The van der Waals surface area contributed by atoms with Gasteiger partial charge in [-0.3, -0.25) is 9.10 Å². The van der Waals surface area contributed by atoms with Crippen molar-refractivity contribution in [1.29, 1.82) is 0 Å². The van der Waals surface area contributed by atoms with Crippen LogP contribution in [0, 0.1) is 0 Å². The van der Waals surface area contributed by atoms with Crippen molar-refractivity contribution in [2.75, 3.05) is 30.2 Å². The molecule has 1 amide bonds. The second-order valence-electron chi connectivity index (χ2n) is 6.77. The van der Waals surface area contributed by atoms with Crippen LogP contribution in [0.5, 0.6) is 0 Å². The second-order valence-corrected chi connectivity index (χ2v) is 8.67. The summed E-state index contributed by atoms with van der Waals surface area (Å²) in [5, 5.41) is 9.16. The highest BCUT2D eigenvalue weighted by molar-refractivity contribution is 7.92. The number of benzene rings is 1. The van der Waals surface area contributed by atoms with Gasteiger partial charge < -0.3 is 14.7 Å². The fourth-order valence-corrected chi connectivity index (χ4v) is 4.47. The average Bonchev–Trinajstić information content (AvgIpc) is 2.58. The van der Waals surface area contributed by atoms with E-state index in [1.165, 1.54) is 15.5 Å². The molecule has 0 aliphatic carbocycles. The van der Waals surface area contributed by atoms with E-state index in [1.54, 1.807) is 25.1 Å². The van der Waals surface area contributed by atoms with Gasteiger partial charge in [-0.25, -0.2) is 13.2 Å². The molecule has 0 bridgehead atoms. The molecule has 1 aromatic rings. The molecule has 142 valence electrons. The fourth-order valence-electron chi connectivity index (χ4n) is 3.48. The van der Waals surface area contributed by atoms with Crippen molar-refractivity contribution < 1.29 is 27.9 Å². The summed E-state index contributed by atoms with van der Waals surface area (Å²) in [5.74, 6) is -1.37. The predicted octanol–water partition coefficient (Wildman–Crippen LogP) is 0.713. The molecule has 0 spiro atoms. The maximum Gasteiger partial charge on any atom is 0.334 e. The zero-order valence-electron chi connectivity index (χ0n) is 14.7. The van der Waals surface area contributed by atoms with E-state index >= 15 is 0 Å². The molecule has 1 saturated heterocycles. The van der Waals surface area contributed by atoms with Gasteiger partial charge in [0.2, 0.25) is 10.0 Å². The Kier molecular flexibility index (Phi) is 4.94. The largest absolute Gasteiger partial charge is 0.479 e. The molecule has 2 atom stereocenters. The highest BCUT2D eigenvalue weighted by atomic mass is 32.2. The Labute approximate surface area is 152 Å². The number of morpholine rings is 1. The molecule has 9 heteroatoms. The number of hydrogen-bond donors (Lipinski definition) is 1. The minimum Gasteiger partial charge on any atom is -0.479 e. The van der Waals surface area contributed by atoms with Crippen LogP contribution in [0.25, 0.3) is 0 Å². The van der Waals surface area contributed by atoms with Gasteiger partial charge >= 0.3 is 5.97 Å². The number of ether oxygens (including phenoxy) is 1. The van der Waals surface area contributed by atoms with Gasteiger partial charge in [0.1, 0.15) is 0 Å². The third-order valence-electron chi connectivity index (χ3n) is 4.63. The van der Waals surface area contributed by atoms with Crippen LogP contribution in [0.15, 0.2) is 18.2 Å². The van der Waals surface area contributed by atoms with Crippen LogP contribution in [0.4, 0.5) is 5.69 Å². The van der Waals surface area contributed by atoms with Gasteiger partial charge in [-0.05, 0) is 43.5 Å². The highest BCUT2D eigenvalue weighted by Gasteiger charge is 2.33. The van der Waals surface area contributed by atoms with E-state index in [2.05, 4.69) is 0 Å². The summed E-state index contributed by atoms with van der Waals surface area (Å²) < 4.78 is 30.6. The van der Waals surface area contributed by atoms with Crippen molar-refractivity contribution in [3.8, 4) is 0 Å². The molecule has 0 aromatic heterocycles. The molecule has 1 fully saturated rings. The van der Waals surface area contributed by atoms with Crippen LogP contribution < -0.4 is 4.31 Å². The number of nitrogens with zero attached hydrogens (tertiary/aromatic N) is 2. The number of anilines is 1. The van der Waals surface area contributed by atoms with Gasteiger partial charge in [0.25, 0.3) is 5.91 Å². The van der Waals surface area contributed by atoms with Crippen molar-refractivity contribution in [3.05, 3.63) is 29.3 Å². The van der Waals surface area contributed by atoms with E-state index < -0.39 is 22.1 Å². The smallest absolute Gasteiger partial charge is 0.334 e. The minimum absolute atomic E-state index is 0.00887. The summed E-state index contributed by atoms with van der Waals surface area (Å²) >= 11 is 0. The normalized spacial score (nSPS) is 23.5. The lowest BCUT2D eigenvalue weighted by Crippen LogP contribution is -2.51. The maximum absolute atomic E-state index is 12.8. The first-order valence-electron chi connectivity index (χ1n) is 8.45. The summed E-state index contributed by atoms with van der Waals surface area (Å²) in [5.41, 5.74) is 1.84. The number of aryl methyl sites for hydroxylation is 1. The monoisotopic (exact) mass is 382 g/mol. The maximum atomic E-state index is 12.8. The first kappa shape index (κ1) is 18.7. The van der Waals surface area contributed by atoms with E-state index in [0.717, 1.165) is 5.56 Å². The first-order valence-corrected chi connectivity index (χ1v) is 10.3. The standard InChI is InChI=1S/C17H22N2O6S/c1-11-9-18(10-15(25-11)17(21)22)16(20)13-5-6-14-12(8-13)4-3-7-19(14)26(2,23)24/h5-6,8,11,15H,3-4,7,9-10H2,1-2H3,(H,21,22)/t11-,15?/m1/s1. The number of carboxylic acid groups (broad SMARTS) is 1.